The molecule has 0 bridgehead atoms. The second-order valence-corrected chi connectivity index (χ2v) is 8.05. The fourth-order valence-corrected chi connectivity index (χ4v) is 4.37. The van der Waals surface area contributed by atoms with Crippen molar-refractivity contribution >= 4 is 22.9 Å². The number of hydrogen-bond acceptors (Lipinski definition) is 4. The zero-order valence-electron chi connectivity index (χ0n) is 17.6. The van der Waals surface area contributed by atoms with Crippen LogP contribution in [0.15, 0.2) is 109 Å². The van der Waals surface area contributed by atoms with Gasteiger partial charge in [0, 0.05) is 16.7 Å². The molecule has 0 heterocycles. The van der Waals surface area contributed by atoms with Gasteiger partial charge in [0.25, 0.3) is 0 Å². The number of carbonyl (C=O) groups is 3. The summed E-state index contributed by atoms with van der Waals surface area (Å²) in [4.78, 5) is 38.2. The molecular formula is C29H20O4. The molecule has 2 aliphatic carbocycles. The molecule has 0 saturated heterocycles. The van der Waals surface area contributed by atoms with Crippen molar-refractivity contribution in [2.24, 2.45) is 5.92 Å². The third kappa shape index (κ3) is 3.60. The van der Waals surface area contributed by atoms with Crippen LogP contribution in [0.3, 0.4) is 0 Å². The van der Waals surface area contributed by atoms with Crippen LogP contribution in [0, 0.1) is 5.92 Å². The number of rotatable bonds is 4. The quantitative estimate of drug-likeness (QED) is 0.350. The smallest absolute Gasteiger partial charge is 0.197 e. The molecule has 0 saturated carbocycles. The molecule has 0 spiro atoms. The first-order valence-electron chi connectivity index (χ1n) is 10.7. The highest BCUT2D eigenvalue weighted by Crippen LogP contribution is 2.37. The van der Waals surface area contributed by atoms with E-state index in [1.54, 1.807) is 72.8 Å². The van der Waals surface area contributed by atoms with Crippen LogP contribution >= 0.6 is 0 Å². The number of carbonyl (C=O) groups excluding carboxylic acids is 3. The van der Waals surface area contributed by atoms with Gasteiger partial charge in [-0.05, 0) is 22.8 Å². The van der Waals surface area contributed by atoms with Gasteiger partial charge in [-0.1, -0.05) is 97.1 Å². The molecule has 4 nitrogen and oxygen atoms in total. The van der Waals surface area contributed by atoms with Gasteiger partial charge < -0.3 is 5.11 Å². The lowest BCUT2D eigenvalue weighted by molar-refractivity contribution is 0.0833. The lowest BCUT2D eigenvalue weighted by Crippen LogP contribution is -2.10. The predicted molar refractivity (Wildman–Crippen MR) is 126 cm³/mol. The van der Waals surface area contributed by atoms with Crippen molar-refractivity contribution in [3.63, 3.8) is 0 Å². The number of Topliss-reactive ketones (excluding diaryl/α,β-unsaturated/α-hetero) is 3. The zero-order chi connectivity index (χ0) is 22.9. The summed E-state index contributed by atoms with van der Waals surface area (Å²) < 4.78 is 0. The zero-order valence-corrected chi connectivity index (χ0v) is 17.6. The van der Waals surface area contributed by atoms with Gasteiger partial charge in [0.2, 0.25) is 0 Å². The Morgan fingerprint density at radius 2 is 1.30 bits per heavy atom. The Bertz CT molecular complexity index is 1340. The van der Waals surface area contributed by atoms with Crippen molar-refractivity contribution in [2.45, 2.75) is 6.10 Å². The van der Waals surface area contributed by atoms with Gasteiger partial charge in [0.05, 0.1) is 17.6 Å². The van der Waals surface area contributed by atoms with E-state index >= 15 is 0 Å². The minimum absolute atomic E-state index is 0.113. The fraction of sp³-hybridized carbons (Fsp3) is 0.0690. The molecular weight excluding hydrogens is 412 g/mol. The largest absolute Gasteiger partial charge is 0.387 e. The predicted octanol–water partition coefficient (Wildman–Crippen LogP) is 5.18. The summed E-state index contributed by atoms with van der Waals surface area (Å²) in [6, 6.07) is 23.3. The van der Waals surface area contributed by atoms with Crippen LogP contribution in [0.1, 0.15) is 48.3 Å². The molecule has 0 fully saturated rings. The van der Waals surface area contributed by atoms with Crippen molar-refractivity contribution < 1.29 is 19.5 Å². The van der Waals surface area contributed by atoms with Gasteiger partial charge in [0.1, 0.15) is 0 Å². The van der Waals surface area contributed by atoms with E-state index in [0.717, 1.165) is 11.1 Å². The topological polar surface area (TPSA) is 71.4 Å². The van der Waals surface area contributed by atoms with Crippen LogP contribution in [-0.4, -0.2) is 22.5 Å². The summed E-state index contributed by atoms with van der Waals surface area (Å²) in [6.45, 7) is 0. The SMILES string of the molecule is O=C1C(=C/C=C(/C=C/C2C(=O)c3ccccc3C2O)c2ccccc2)C(=O)c2ccccc21. The third-order valence-corrected chi connectivity index (χ3v) is 6.11. The molecule has 2 atom stereocenters. The summed E-state index contributed by atoms with van der Waals surface area (Å²) in [5, 5.41) is 10.7. The molecule has 4 heteroatoms. The molecule has 1 N–H and O–H groups in total. The summed E-state index contributed by atoms with van der Waals surface area (Å²) in [5.74, 6) is -1.40. The van der Waals surface area contributed by atoms with Crippen molar-refractivity contribution in [2.75, 3.05) is 0 Å². The third-order valence-electron chi connectivity index (χ3n) is 6.11. The molecule has 3 aromatic rings. The molecule has 2 unspecified atom stereocenters. The fourth-order valence-electron chi connectivity index (χ4n) is 4.37. The van der Waals surface area contributed by atoms with Crippen LogP contribution in [0.25, 0.3) is 5.57 Å². The van der Waals surface area contributed by atoms with Crippen LogP contribution in [0.4, 0.5) is 0 Å². The van der Waals surface area contributed by atoms with E-state index in [1.165, 1.54) is 0 Å². The second kappa shape index (κ2) is 8.41. The highest BCUT2D eigenvalue weighted by atomic mass is 16.3. The van der Waals surface area contributed by atoms with Gasteiger partial charge in [-0.15, -0.1) is 0 Å². The Hall–Kier alpha value is -4.15. The van der Waals surface area contributed by atoms with Crippen LogP contribution in [0.2, 0.25) is 0 Å². The van der Waals surface area contributed by atoms with Gasteiger partial charge >= 0.3 is 0 Å². The van der Waals surface area contributed by atoms with Crippen LogP contribution in [-0.2, 0) is 0 Å². The van der Waals surface area contributed by atoms with E-state index in [-0.39, 0.29) is 22.9 Å². The molecule has 0 amide bonds. The maximum atomic E-state index is 12.8. The average molecular weight is 432 g/mol. The lowest BCUT2D eigenvalue weighted by Gasteiger charge is -2.09. The average Bonchev–Trinajstić information content (AvgIpc) is 3.25. The molecule has 3 aromatic carbocycles. The van der Waals surface area contributed by atoms with E-state index < -0.39 is 12.0 Å². The lowest BCUT2D eigenvalue weighted by atomic mass is 9.98. The molecule has 0 aliphatic heterocycles. The Kier molecular flexibility index (Phi) is 5.29. The Labute approximate surface area is 191 Å². The van der Waals surface area contributed by atoms with E-state index in [1.807, 2.05) is 30.3 Å². The normalized spacial score (nSPS) is 19.8. The van der Waals surface area contributed by atoms with Crippen molar-refractivity contribution in [1.29, 1.82) is 0 Å². The molecule has 5 rings (SSSR count). The summed E-state index contributed by atoms with van der Waals surface area (Å²) in [7, 11) is 0. The molecule has 0 aromatic heterocycles. The van der Waals surface area contributed by atoms with Gasteiger partial charge in [0.15, 0.2) is 17.3 Å². The van der Waals surface area contributed by atoms with Crippen LogP contribution < -0.4 is 0 Å². The molecule has 0 radical (unpaired) electrons. The molecule has 33 heavy (non-hydrogen) atoms. The number of hydrogen-bond donors (Lipinski definition) is 1. The Morgan fingerprint density at radius 3 is 1.94 bits per heavy atom. The van der Waals surface area contributed by atoms with E-state index in [9.17, 15) is 19.5 Å². The van der Waals surface area contributed by atoms with E-state index in [2.05, 4.69) is 0 Å². The highest BCUT2D eigenvalue weighted by molar-refractivity contribution is 6.39. The first kappa shape index (κ1) is 20.7. The summed E-state index contributed by atoms with van der Waals surface area (Å²) in [5.41, 5.74) is 3.68. The number of aliphatic hydroxyl groups is 1. The summed E-state index contributed by atoms with van der Waals surface area (Å²) >= 11 is 0. The van der Waals surface area contributed by atoms with Gasteiger partial charge in [-0.25, -0.2) is 0 Å². The van der Waals surface area contributed by atoms with E-state index in [0.29, 0.717) is 22.3 Å². The van der Waals surface area contributed by atoms with Crippen LogP contribution in [0.5, 0.6) is 0 Å². The number of fused-ring (bicyclic) bond motifs is 2. The van der Waals surface area contributed by atoms with Crippen molar-refractivity contribution in [3.05, 3.63) is 137 Å². The number of ketones is 3. The first-order valence-corrected chi connectivity index (χ1v) is 10.7. The Balaban J connectivity index is 1.50. The van der Waals surface area contributed by atoms with Gasteiger partial charge in [-0.3, -0.25) is 14.4 Å². The minimum Gasteiger partial charge on any atom is -0.387 e. The highest BCUT2D eigenvalue weighted by Gasteiger charge is 2.36. The van der Waals surface area contributed by atoms with Crippen molar-refractivity contribution in [1.82, 2.24) is 0 Å². The van der Waals surface area contributed by atoms with E-state index in [4.69, 9.17) is 0 Å². The maximum absolute atomic E-state index is 12.8. The molecule has 160 valence electrons. The Morgan fingerprint density at radius 1 is 0.727 bits per heavy atom. The number of allylic oxidation sites excluding steroid dienone is 5. The van der Waals surface area contributed by atoms with Crippen molar-refractivity contribution in [3.8, 4) is 0 Å². The first-order chi connectivity index (χ1) is 16.1. The summed E-state index contributed by atoms with van der Waals surface area (Å²) in [6.07, 6.45) is 5.80. The standard InChI is InChI=1S/C29H20O4/c30-26-20-10-4-5-11-21(20)27(31)24(26)16-14-19(18-8-2-1-3-9-18)15-17-25-28(32)22-12-6-7-13-23(22)29(25)33/h1-17,24,26,30H/b16-14+,19-15-. The number of benzene rings is 3. The van der Waals surface area contributed by atoms with Gasteiger partial charge in [-0.2, -0.15) is 0 Å². The second-order valence-electron chi connectivity index (χ2n) is 8.05. The monoisotopic (exact) mass is 432 g/mol. The molecule has 2 aliphatic rings. The minimum atomic E-state index is -0.909. The maximum Gasteiger partial charge on any atom is 0.197 e. The number of aliphatic hydroxyl groups excluding tert-OH is 1.